The van der Waals surface area contributed by atoms with Crippen LogP contribution < -0.4 is 10.3 Å². The van der Waals surface area contributed by atoms with E-state index in [-0.39, 0.29) is 23.6 Å². The van der Waals surface area contributed by atoms with Gasteiger partial charge in [0.05, 0.1) is 27.7 Å². The van der Waals surface area contributed by atoms with Gasteiger partial charge < -0.3 is 9.84 Å². The largest absolute Gasteiger partial charge is 0.487 e. The number of aromatic carboxylic acids is 1. The first-order valence-corrected chi connectivity index (χ1v) is 11.9. The van der Waals surface area contributed by atoms with Crippen LogP contribution in [0.4, 0.5) is 0 Å². The molecule has 0 saturated carbocycles. The summed E-state index contributed by atoms with van der Waals surface area (Å²) in [6.45, 7) is 4.14. The van der Waals surface area contributed by atoms with Gasteiger partial charge >= 0.3 is 5.97 Å². The van der Waals surface area contributed by atoms with Crippen molar-refractivity contribution < 1.29 is 14.6 Å². The molecule has 0 fully saturated rings. The minimum Gasteiger partial charge on any atom is -0.487 e. The molecule has 4 aromatic rings. The standard InChI is InChI=1S/C26H21BrClN3O4/c1-15(2)24-30-22-9-8-19(27)12-20(22)25(32)31(24)29-13-17-5-10-23(21(28)11-17)35-14-16-3-6-18(7-4-16)26(33)34/h3-13,15H,14H2,1-2H3,(H,33,34). The van der Waals surface area contributed by atoms with E-state index in [0.717, 1.165) is 10.0 Å². The molecule has 178 valence electrons. The normalized spacial score (nSPS) is 11.5. The molecule has 1 N–H and O–H groups in total. The van der Waals surface area contributed by atoms with Crippen molar-refractivity contribution in [3.63, 3.8) is 0 Å². The molecule has 0 aliphatic carbocycles. The third-order valence-electron chi connectivity index (χ3n) is 5.22. The highest BCUT2D eigenvalue weighted by Gasteiger charge is 2.14. The fraction of sp³-hybridized carbons (Fsp3) is 0.154. The second kappa shape index (κ2) is 10.4. The number of fused-ring (bicyclic) bond motifs is 1. The first-order chi connectivity index (χ1) is 16.7. The van der Waals surface area contributed by atoms with Gasteiger partial charge in [-0.2, -0.15) is 9.78 Å². The first kappa shape index (κ1) is 24.6. The van der Waals surface area contributed by atoms with Crippen molar-refractivity contribution in [3.05, 3.63) is 103 Å². The van der Waals surface area contributed by atoms with Gasteiger partial charge in [0, 0.05) is 10.4 Å². The highest BCUT2D eigenvalue weighted by Crippen LogP contribution is 2.26. The molecule has 9 heteroatoms. The van der Waals surface area contributed by atoms with Crippen LogP contribution in [0.3, 0.4) is 0 Å². The smallest absolute Gasteiger partial charge is 0.335 e. The van der Waals surface area contributed by atoms with E-state index in [9.17, 15) is 9.59 Å². The van der Waals surface area contributed by atoms with Crippen molar-refractivity contribution in [3.8, 4) is 5.75 Å². The predicted molar refractivity (Wildman–Crippen MR) is 140 cm³/mol. The number of rotatable bonds is 7. The van der Waals surface area contributed by atoms with Crippen LogP contribution in [0.5, 0.6) is 5.75 Å². The van der Waals surface area contributed by atoms with Crippen LogP contribution in [0.15, 0.2) is 75.0 Å². The Labute approximate surface area is 214 Å². The second-order valence-corrected chi connectivity index (χ2v) is 9.45. The minimum atomic E-state index is -0.979. The fourth-order valence-corrected chi connectivity index (χ4v) is 4.00. The van der Waals surface area contributed by atoms with Crippen molar-refractivity contribution in [2.45, 2.75) is 26.4 Å². The second-order valence-electron chi connectivity index (χ2n) is 8.13. The Morgan fingerprint density at radius 3 is 2.57 bits per heavy atom. The summed E-state index contributed by atoms with van der Waals surface area (Å²) in [5.41, 5.74) is 2.08. The van der Waals surface area contributed by atoms with E-state index >= 15 is 0 Å². The Balaban J connectivity index is 1.56. The Bertz CT molecular complexity index is 1500. The van der Waals surface area contributed by atoms with Crippen LogP contribution in [0.2, 0.25) is 5.02 Å². The molecule has 0 radical (unpaired) electrons. The highest BCUT2D eigenvalue weighted by molar-refractivity contribution is 9.10. The Hall–Kier alpha value is -3.49. The zero-order valence-electron chi connectivity index (χ0n) is 18.9. The molecule has 3 aromatic carbocycles. The van der Waals surface area contributed by atoms with Crippen molar-refractivity contribution in [1.29, 1.82) is 0 Å². The number of aromatic nitrogens is 2. The molecule has 0 amide bonds. The third-order valence-corrected chi connectivity index (χ3v) is 6.01. The lowest BCUT2D eigenvalue weighted by atomic mass is 10.1. The monoisotopic (exact) mass is 553 g/mol. The minimum absolute atomic E-state index is 0.0168. The molecular formula is C26H21BrClN3O4. The van der Waals surface area contributed by atoms with E-state index in [1.54, 1.807) is 48.7 Å². The molecule has 0 aliphatic heterocycles. The van der Waals surface area contributed by atoms with Crippen LogP contribution in [-0.2, 0) is 6.61 Å². The van der Waals surface area contributed by atoms with E-state index in [1.807, 2.05) is 19.9 Å². The number of nitrogens with zero attached hydrogens (tertiary/aromatic N) is 3. The maximum atomic E-state index is 13.1. The lowest BCUT2D eigenvalue weighted by Gasteiger charge is -2.12. The summed E-state index contributed by atoms with van der Waals surface area (Å²) < 4.78 is 7.88. The van der Waals surface area contributed by atoms with E-state index < -0.39 is 5.97 Å². The van der Waals surface area contributed by atoms with E-state index in [4.69, 9.17) is 21.4 Å². The Kier molecular flexibility index (Phi) is 7.33. The molecule has 1 heterocycles. The van der Waals surface area contributed by atoms with Gasteiger partial charge in [-0.3, -0.25) is 4.79 Å². The van der Waals surface area contributed by atoms with E-state index in [1.165, 1.54) is 16.8 Å². The molecule has 7 nitrogen and oxygen atoms in total. The van der Waals surface area contributed by atoms with Gasteiger partial charge in [-0.15, -0.1) is 0 Å². The summed E-state index contributed by atoms with van der Waals surface area (Å²) >= 11 is 9.80. The lowest BCUT2D eigenvalue weighted by Crippen LogP contribution is -2.23. The highest BCUT2D eigenvalue weighted by atomic mass is 79.9. The molecule has 0 unspecified atom stereocenters. The number of hydrogen-bond donors (Lipinski definition) is 1. The van der Waals surface area contributed by atoms with Crippen molar-refractivity contribution >= 4 is 50.6 Å². The van der Waals surface area contributed by atoms with Gasteiger partial charge in [0.15, 0.2) is 0 Å². The number of halogens is 2. The van der Waals surface area contributed by atoms with Gasteiger partial charge in [0.2, 0.25) is 0 Å². The molecule has 4 rings (SSSR count). The van der Waals surface area contributed by atoms with Crippen LogP contribution in [0.25, 0.3) is 10.9 Å². The zero-order chi connectivity index (χ0) is 25.1. The van der Waals surface area contributed by atoms with E-state index in [2.05, 4.69) is 26.0 Å². The van der Waals surface area contributed by atoms with Gasteiger partial charge in [-0.1, -0.05) is 53.5 Å². The summed E-state index contributed by atoms with van der Waals surface area (Å²) in [7, 11) is 0. The maximum Gasteiger partial charge on any atom is 0.335 e. The topological polar surface area (TPSA) is 93.8 Å². The number of carboxylic acid groups (broad SMARTS) is 1. The van der Waals surface area contributed by atoms with Crippen LogP contribution in [0.1, 0.15) is 47.1 Å². The number of benzene rings is 3. The average molecular weight is 555 g/mol. The molecule has 0 atom stereocenters. The molecule has 0 bridgehead atoms. The van der Waals surface area contributed by atoms with Crippen LogP contribution >= 0.6 is 27.5 Å². The summed E-state index contributed by atoms with van der Waals surface area (Å²) in [5, 5.41) is 14.3. The quantitative estimate of drug-likeness (QED) is 0.279. The molecule has 0 aliphatic rings. The van der Waals surface area contributed by atoms with Crippen LogP contribution in [-0.4, -0.2) is 27.0 Å². The fourth-order valence-electron chi connectivity index (χ4n) is 3.39. The van der Waals surface area contributed by atoms with Gasteiger partial charge in [0.1, 0.15) is 18.2 Å². The third kappa shape index (κ3) is 5.61. The number of carbonyl (C=O) groups is 1. The predicted octanol–water partition coefficient (Wildman–Crippen LogP) is 6.10. The summed E-state index contributed by atoms with van der Waals surface area (Å²) in [6.07, 6.45) is 1.55. The molecular weight excluding hydrogens is 534 g/mol. The number of carboxylic acids is 1. The summed E-state index contributed by atoms with van der Waals surface area (Å²) in [4.78, 5) is 28.7. The molecule has 0 saturated heterocycles. The Morgan fingerprint density at radius 2 is 1.91 bits per heavy atom. The number of ether oxygens (including phenoxy) is 1. The first-order valence-electron chi connectivity index (χ1n) is 10.7. The van der Waals surface area contributed by atoms with Crippen LogP contribution in [0, 0.1) is 0 Å². The molecule has 35 heavy (non-hydrogen) atoms. The summed E-state index contributed by atoms with van der Waals surface area (Å²) in [6, 6.07) is 17.0. The van der Waals surface area contributed by atoms with Gasteiger partial charge in [0.25, 0.3) is 5.56 Å². The van der Waals surface area contributed by atoms with Crippen molar-refractivity contribution in [2.75, 3.05) is 0 Å². The average Bonchev–Trinajstić information content (AvgIpc) is 2.83. The SMILES string of the molecule is CC(C)c1nc2ccc(Br)cc2c(=O)n1N=Cc1ccc(OCc2ccc(C(=O)O)cc2)c(Cl)c1. The lowest BCUT2D eigenvalue weighted by molar-refractivity contribution is 0.0697. The van der Waals surface area contributed by atoms with Crippen molar-refractivity contribution in [1.82, 2.24) is 9.66 Å². The Morgan fingerprint density at radius 1 is 1.17 bits per heavy atom. The van der Waals surface area contributed by atoms with E-state index in [0.29, 0.717) is 33.1 Å². The maximum absolute atomic E-state index is 13.1. The summed E-state index contributed by atoms with van der Waals surface area (Å²) in [5.74, 6) is 0.0362. The number of hydrogen-bond acceptors (Lipinski definition) is 5. The molecule has 1 aromatic heterocycles. The van der Waals surface area contributed by atoms with Crippen molar-refractivity contribution in [2.24, 2.45) is 5.10 Å². The van der Waals surface area contributed by atoms with Gasteiger partial charge in [-0.05, 0) is 59.7 Å². The zero-order valence-corrected chi connectivity index (χ0v) is 21.2. The molecule has 0 spiro atoms. The van der Waals surface area contributed by atoms with Gasteiger partial charge in [-0.25, -0.2) is 9.78 Å².